The molecule has 0 unspecified atom stereocenters. The third-order valence-electron chi connectivity index (χ3n) is 4.03. The molecule has 2 rings (SSSR count). The second-order valence-electron chi connectivity index (χ2n) is 5.15. The van der Waals surface area contributed by atoms with Crippen LogP contribution < -0.4 is 5.84 Å². The van der Waals surface area contributed by atoms with Gasteiger partial charge < -0.3 is 4.90 Å². The van der Waals surface area contributed by atoms with Gasteiger partial charge in [-0.2, -0.15) is 0 Å². The largest absolute Gasteiger partial charge is 0.306 e. The van der Waals surface area contributed by atoms with Gasteiger partial charge in [0.15, 0.2) is 0 Å². The van der Waals surface area contributed by atoms with E-state index in [0.717, 1.165) is 38.8 Å². The first-order valence-electron chi connectivity index (χ1n) is 5.78. The average molecular weight is 211 g/mol. The van der Waals surface area contributed by atoms with Crippen LogP contribution in [0.25, 0.3) is 0 Å². The van der Waals surface area contributed by atoms with Crippen molar-refractivity contribution in [3.05, 3.63) is 0 Å². The van der Waals surface area contributed by atoms with Crippen molar-refractivity contribution < 1.29 is 4.79 Å². The van der Waals surface area contributed by atoms with Gasteiger partial charge in [-0.15, -0.1) is 0 Å². The SMILES string of the molecule is CN1CCC(C2(C(=O)N(C)N)CC2)CC1. The molecule has 1 aliphatic carbocycles. The van der Waals surface area contributed by atoms with Crippen LogP contribution >= 0.6 is 0 Å². The van der Waals surface area contributed by atoms with Crippen LogP contribution in [0.4, 0.5) is 0 Å². The fourth-order valence-electron chi connectivity index (χ4n) is 2.84. The smallest absolute Gasteiger partial charge is 0.242 e. The number of nitrogens with two attached hydrogens (primary N) is 1. The fourth-order valence-corrected chi connectivity index (χ4v) is 2.84. The molecule has 1 amide bonds. The molecule has 1 saturated heterocycles. The van der Waals surface area contributed by atoms with E-state index < -0.39 is 0 Å². The number of carbonyl (C=O) groups excluding carboxylic acids is 1. The Bertz CT molecular complexity index is 253. The van der Waals surface area contributed by atoms with E-state index in [0.29, 0.717) is 5.92 Å². The Morgan fingerprint density at radius 1 is 1.40 bits per heavy atom. The standard InChI is InChI=1S/C11H21N3O/c1-13-7-3-9(4-8-13)11(5-6-11)10(15)14(2)12/h9H,3-8,12H2,1-2H3. The van der Waals surface area contributed by atoms with Crippen LogP contribution in [0, 0.1) is 11.3 Å². The Morgan fingerprint density at radius 3 is 2.33 bits per heavy atom. The molecule has 15 heavy (non-hydrogen) atoms. The lowest BCUT2D eigenvalue weighted by atomic mass is 9.81. The van der Waals surface area contributed by atoms with Gasteiger partial charge in [-0.05, 0) is 51.7 Å². The maximum Gasteiger partial charge on any atom is 0.242 e. The predicted molar refractivity (Wildman–Crippen MR) is 58.8 cm³/mol. The van der Waals surface area contributed by atoms with Crippen LogP contribution in [0.3, 0.4) is 0 Å². The number of likely N-dealkylation sites (tertiary alicyclic amines) is 1. The van der Waals surface area contributed by atoms with E-state index in [9.17, 15) is 4.79 Å². The summed E-state index contributed by atoms with van der Waals surface area (Å²) in [5, 5.41) is 1.28. The lowest BCUT2D eigenvalue weighted by Gasteiger charge is -2.34. The van der Waals surface area contributed by atoms with Gasteiger partial charge in [0.1, 0.15) is 0 Å². The first-order valence-corrected chi connectivity index (χ1v) is 5.78. The Morgan fingerprint density at radius 2 is 1.93 bits per heavy atom. The molecule has 0 aromatic rings. The summed E-state index contributed by atoms with van der Waals surface area (Å²) < 4.78 is 0. The summed E-state index contributed by atoms with van der Waals surface area (Å²) in [5.74, 6) is 6.28. The molecular formula is C11H21N3O. The molecule has 0 spiro atoms. The second kappa shape index (κ2) is 3.76. The quantitative estimate of drug-likeness (QED) is 0.409. The number of hydrazine groups is 1. The number of carbonyl (C=O) groups is 1. The summed E-state index contributed by atoms with van der Waals surface area (Å²) >= 11 is 0. The normalized spacial score (nSPS) is 26.3. The summed E-state index contributed by atoms with van der Waals surface area (Å²) in [6.45, 7) is 2.24. The fraction of sp³-hybridized carbons (Fsp3) is 0.909. The zero-order chi connectivity index (χ0) is 11.1. The van der Waals surface area contributed by atoms with E-state index >= 15 is 0 Å². The number of amides is 1. The molecule has 4 nitrogen and oxygen atoms in total. The monoisotopic (exact) mass is 211 g/mol. The van der Waals surface area contributed by atoms with Gasteiger partial charge in [-0.1, -0.05) is 0 Å². The van der Waals surface area contributed by atoms with Gasteiger partial charge in [0, 0.05) is 7.05 Å². The lowest BCUT2D eigenvalue weighted by molar-refractivity contribution is -0.138. The Kier molecular flexibility index (Phi) is 2.73. The zero-order valence-electron chi connectivity index (χ0n) is 9.70. The van der Waals surface area contributed by atoms with Crippen molar-refractivity contribution in [3.63, 3.8) is 0 Å². The first-order chi connectivity index (χ1) is 7.06. The predicted octanol–water partition coefficient (Wildman–Crippen LogP) is 0.440. The lowest BCUT2D eigenvalue weighted by Crippen LogP contribution is -2.44. The highest BCUT2D eigenvalue weighted by molar-refractivity contribution is 5.85. The van der Waals surface area contributed by atoms with Crippen LogP contribution in [-0.2, 0) is 4.79 Å². The highest BCUT2D eigenvalue weighted by Crippen LogP contribution is 2.55. The molecule has 0 bridgehead atoms. The second-order valence-corrected chi connectivity index (χ2v) is 5.15. The first kappa shape index (κ1) is 10.9. The van der Waals surface area contributed by atoms with Crippen molar-refractivity contribution in [2.75, 3.05) is 27.2 Å². The Hall–Kier alpha value is -0.610. The van der Waals surface area contributed by atoms with Gasteiger partial charge in [-0.3, -0.25) is 9.80 Å². The van der Waals surface area contributed by atoms with Gasteiger partial charge >= 0.3 is 0 Å². The van der Waals surface area contributed by atoms with Crippen molar-refractivity contribution in [3.8, 4) is 0 Å². The molecule has 1 aliphatic heterocycles. The summed E-state index contributed by atoms with van der Waals surface area (Å²) in [6.07, 6.45) is 4.38. The van der Waals surface area contributed by atoms with E-state index in [1.54, 1.807) is 7.05 Å². The molecule has 0 aromatic heterocycles. The van der Waals surface area contributed by atoms with Crippen molar-refractivity contribution in [2.24, 2.45) is 17.2 Å². The minimum Gasteiger partial charge on any atom is -0.306 e. The molecule has 1 saturated carbocycles. The molecule has 4 heteroatoms. The highest BCUT2D eigenvalue weighted by Gasteiger charge is 2.56. The maximum atomic E-state index is 12.0. The minimum atomic E-state index is -0.0786. The van der Waals surface area contributed by atoms with Crippen LogP contribution in [0.15, 0.2) is 0 Å². The summed E-state index contributed by atoms with van der Waals surface area (Å²) in [5.41, 5.74) is -0.0786. The van der Waals surface area contributed by atoms with E-state index in [1.165, 1.54) is 5.01 Å². The summed E-state index contributed by atoms with van der Waals surface area (Å²) in [7, 11) is 3.81. The van der Waals surface area contributed by atoms with E-state index in [4.69, 9.17) is 5.84 Å². The highest BCUT2D eigenvalue weighted by atomic mass is 16.2. The number of rotatable bonds is 2. The molecule has 0 aromatic carbocycles. The van der Waals surface area contributed by atoms with Crippen molar-refractivity contribution in [1.82, 2.24) is 9.91 Å². The van der Waals surface area contributed by atoms with Crippen LogP contribution in [0.1, 0.15) is 25.7 Å². The summed E-state index contributed by atoms with van der Waals surface area (Å²) in [6, 6.07) is 0. The van der Waals surface area contributed by atoms with Gasteiger partial charge in [0.05, 0.1) is 5.41 Å². The van der Waals surface area contributed by atoms with Crippen LogP contribution in [0.5, 0.6) is 0 Å². The third-order valence-corrected chi connectivity index (χ3v) is 4.03. The van der Waals surface area contributed by atoms with E-state index in [2.05, 4.69) is 11.9 Å². The number of hydrogen-bond donors (Lipinski definition) is 1. The topological polar surface area (TPSA) is 49.6 Å². The molecule has 0 radical (unpaired) electrons. The van der Waals surface area contributed by atoms with Crippen LogP contribution in [0.2, 0.25) is 0 Å². The molecule has 2 N–H and O–H groups in total. The molecular weight excluding hydrogens is 190 g/mol. The summed E-state index contributed by atoms with van der Waals surface area (Å²) in [4.78, 5) is 14.3. The maximum absolute atomic E-state index is 12.0. The molecule has 2 fully saturated rings. The van der Waals surface area contributed by atoms with Gasteiger partial charge in [0.2, 0.25) is 5.91 Å². The third kappa shape index (κ3) is 1.88. The Labute approximate surface area is 91.4 Å². The van der Waals surface area contributed by atoms with E-state index in [1.807, 2.05) is 0 Å². The minimum absolute atomic E-state index is 0.0786. The van der Waals surface area contributed by atoms with Gasteiger partial charge in [-0.25, -0.2) is 5.84 Å². The van der Waals surface area contributed by atoms with E-state index in [-0.39, 0.29) is 11.3 Å². The number of piperidine rings is 1. The van der Waals surface area contributed by atoms with Crippen molar-refractivity contribution in [1.29, 1.82) is 0 Å². The Balaban J connectivity index is 2.01. The van der Waals surface area contributed by atoms with Crippen LogP contribution in [-0.4, -0.2) is 43.0 Å². The molecule has 86 valence electrons. The van der Waals surface area contributed by atoms with Gasteiger partial charge in [0.25, 0.3) is 0 Å². The molecule has 0 atom stereocenters. The number of nitrogens with zero attached hydrogens (tertiary/aromatic N) is 2. The number of hydrogen-bond acceptors (Lipinski definition) is 3. The average Bonchev–Trinajstić information content (AvgIpc) is 2.99. The van der Waals surface area contributed by atoms with Crippen molar-refractivity contribution in [2.45, 2.75) is 25.7 Å². The van der Waals surface area contributed by atoms with Crippen molar-refractivity contribution >= 4 is 5.91 Å². The zero-order valence-corrected chi connectivity index (χ0v) is 9.70. The molecule has 2 aliphatic rings. The molecule has 1 heterocycles.